The Balaban J connectivity index is 2.13. The summed E-state index contributed by atoms with van der Waals surface area (Å²) in [5.41, 5.74) is 8.69. The third kappa shape index (κ3) is 3.83. The average Bonchev–Trinajstić information content (AvgIpc) is 2.68. The number of rotatable bonds is 6. The number of aliphatic hydroxyl groups is 1. The van der Waals surface area contributed by atoms with Crippen LogP contribution < -0.4 is 5.73 Å². The van der Waals surface area contributed by atoms with Crippen molar-refractivity contribution in [2.24, 2.45) is 5.73 Å². The van der Waals surface area contributed by atoms with Crippen LogP contribution in [-0.4, -0.2) is 44.9 Å². The van der Waals surface area contributed by atoms with Gasteiger partial charge < -0.3 is 10.8 Å². The SMILES string of the molecule is Cc1nn(CCO)c(C)c1CN1CCCCC1CC(N)=O. The third-order valence-corrected chi connectivity index (χ3v) is 4.39. The minimum absolute atomic E-state index is 0.0927. The number of carbonyl (C=O) groups is 1. The Bertz CT molecular complexity index is 498. The van der Waals surface area contributed by atoms with E-state index in [2.05, 4.69) is 10.00 Å². The standard InChI is InChI=1S/C15H26N4O2/c1-11-14(12(2)19(17-11)7-8-20)10-18-6-4-3-5-13(18)9-15(16)21/h13,20H,3-10H2,1-2H3,(H2,16,21). The molecule has 21 heavy (non-hydrogen) atoms. The number of nitrogens with two attached hydrogens (primary N) is 1. The molecule has 0 aromatic carbocycles. The molecule has 0 bridgehead atoms. The second-order valence-electron chi connectivity index (χ2n) is 5.89. The summed E-state index contributed by atoms with van der Waals surface area (Å²) in [6.07, 6.45) is 3.79. The highest BCUT2D eigenvalue weighted by Crippen LogP contribution is 2.24. The topological polar surface area (TPSA) is 84.4 Å². The number of amides is 1. The molecule has 1 amide bonds. The van der Waals surface area contributed by atoms with Gasteiger partial charge in [-0.25, -0.2) is 0 Å². The summed E-state index contributed by atoms with van der Waals surface area (Å²) in [4.78, 5) is 13.6. The van der Waals surface area contributed by atoms with Crippen molar-refractivity contribution < 1.29 is 9.90 Å². The van der Waals surface area contributed by atoms with E-state index in [1.54, 1.807) is 0 Å². The molecule has 0 radical (unpaired) electrons. The molecule has 1 aromatic rings. The van der Waals surface area contributed by atoms with Gasteiger partial charge in [0, 0.05) is 30.3 Å². The van der Waals surface area contributed by atoms with Crippen molar-refractivity contribution in [2.75, 3.05) is 13.2 Å². The monoisotopic (exact) mass is 294 g/mol. The molecule has 1 unspecified atom stereocenters. The van der Waals surface area contributed by atoms with Crippen LogP contribution in [0.3, 0.4) is 0 Å². The van der Waals surface area contributed by atoms with Gasteiger partial charge in [0.2, 0.25) is 5.91 Å². The molecule has 6 nitrogen and oxygen atoms in total. The summed E-state index contributed by atoms with van der Waals surface area (Å²) in [6.45, 7) is 6.47. The molecular formula is C15H26N4O2. The molecule has 0 spiro atoms. The number of aryl methyl sites for hydroxylation is 1. The van der Waals surface area contributed by atoms with Gasteiger partial charge in [0.15, 0.2) is 0 Å². The molecule has 1 atom stereocenters. The van der Waals surface area contributed by atoms with Crippen LogP contribution in [0.1, 0.15) is 42.6 Å². The van der Waals surface area contributed by atoms with Crippen molar-refractivity contribution in [1.29, 1.82) is 0 Å². The number of hydrogen-bond donors (Lipinski definition) is 2. The summed E-state index contributed by atoms with van der Waals surface area (Å²) >= 11 is 0. The van der Waals surface area contributed by atoms with Crippen molar-refractivity contribution in [3.05, 3.63) is 17.0 Å². The number of primary amides is 1. The lowest BCUT2D eigenvalue weighted by atomic mass is 9.98. The van der Waals surface area contributed by atoms with E-state index in [-0.39, 0.29) is 18.6 Å². The summed E-state index contributed by atoms with van der Waals surface area (Å²) in [5.74, 6) is -0.226. The molecule has 0 aliphatic carbocycles. The second kappa shape index (κ2) is 7.04. The quantitative estimate of drug-likeness (QED) is 0.810. The first kappa shape index (κ1) is 16.0. The van der Waals surface area contributed by atoms with Gasteiger partial charge in [0.05, 0.1) is 18.8 Å². The molecule has 2 rings (SSSR count). The van der Waals surface area contributed by atoms with Crippen LogP contribution in [0.4, 0.5) is 0 Å². The number of likely N-dealkylation sites (tertiary alicyclic amines) is 1. The highest BCUT2D eigenvalue weighted by Gasteiger charge is 2.25. The van der Waals surface area contributed by atoms with E-state index in [9.17, 15) is 4.79 Å². The number of nitrogens with zero attached hydrogens (tertiary/aromatic N) is 3. The zero-order valence-electron chi connectivity index (χ0n) is 13.0. The first-order valence-electron chi connectivity index (χ1n) is 7.69. The van der Waals surface area contributed by atoms with E-state index < -0.39 is 0 Å². The van der Waals surface area contributed by atoms with Gasteiger partial charge >= 0.3 is 0 Å². The van der Waals surface area contributed by atoms with Crippen molar-refractivity contribution in [3.63, 3.8) is 0 Å². The number of aliphatic hydroxyl groups excluding tert-OH is 1. The van der Waals surface area contributed by atoms with Crippen LogP contribution in [0.25, 0.3) is 0 Å². The van der Waals surface area contributed by atoms with Crippen LogP contribution in [0, 0.1) is 13.8 Å². The minimum atomic E-state index is -0.226. The number of aromatic nitrogens is 2. The maximum atomic E-state index is 11.2. The van der Waals surface area contributed by atoms with E-state index in [4.69, 9.17) is 10.8 Å². The van der Waals surface area contributed by atoms with Gasteiger partial charge in [-0.1, -0.05) is 6.42 Å². The van der Waals surface area contributed by atoms with E-state index in [1.165, 1.54) is 5.56 Å². The van der Waals surface area contributed by atoms with Crippen molar-refractivity contribution in [2.45, 2.75) is 58.7 Å². The highest BCUT2D eigenvalue weighted by atomic mass is 16.3. The van der Waals surface area contributed by atoms with Crippen LogP contribution in [-0.2, 0) is 17.9 Å². The fourth-order valence-corrected chi connectivity index (χ4v) is 3.21. The first-order valence-corrected chi connectivity index (χ1v) is 7.69. The second-order valence-corrected chi connectivity index (χ2v) is 5.89. The minimum Gasteiger partial charge on any atom is -0.394 e. The highest BCUT2D eigenvalue weighted by molar-refractivity contribution is 5.74. The maximum Gasteiger partial charge on any atom is 0.218 e. The maximum absolute atomic E-state index is 11.2. The first-order chi connectivity index (χ1) is 10.0. The lowest BCUT2D eigenvalue weighted by Crippen LogP contribution is -2.41. The van der Waals surface area contributed by atoms with Crippen LogP contribution in [0.2, 0.25) is 0 Å². The largest absolute Gasteiger partial charge is 0.394 e. The van der Waals surface area contributed by atoms with E-state index in [1.807, 2.05) is 18.5 Å². The third-order valence-electron chi connectivity index (χ3n) is 4.39. The summed E-state index contributed by atoms with van der Waals surface area (Å²) in [7, 11) is 0. The summed E-state index contributed by atoms with van der Waals surface area (Å²) in [6, 6.07) is 0.247. The van der Waals surface area contributed by atoms with Gasteiger partial charge in [-0.3, -0.25) is 14.4 Å². The Hall–Kier alpha value is -1.40. The Morgan fingerprint density at radius 1 is 1.43 bits per heavy atom. The average molecular weight is 294 g/mol. The summed E-state index contributed by atoms with van der Waals surface area (Å²) in [5, 5.41) is 13.6. The van der Waals surface area contributed by atoms with Gasteiger partial charge in [0.1, 0.15) is 0 Å². The normalized spacial score (nSPS) is 19.9. The van der Waals surface area contributed by atoms with Crippen molar-refractivity contribution in [3.8, 4) is 0 Å². The van der Waals surface area contributed by atoms with Gasteiger partial charge in [-0.05, 0) is 33.2 Å². The molecule has 118 valence electrons. The van der Waals surface area contributed by atoms with Gasteiger partial charge in [-0.2, -0.15) is 5.10 Å². The van der Waals surface area contributed by atoms with E-state index in [0.717, 1.165) is 43.7 Å². The molecular weight excluding hydrogens is 268 g/mol. The molecule has 1 fully saturated rings. The predicted molar refractivity (Wildman–Crippen MR) is 80.6 cm³/mol. The summed E-state index contributed by atoms with van der Waals surface area (Å²) < 4.78 is 1.86. The Morgan fingerprint density at radius 2 is 2.19 bits per heavy atom. The van der Waals surface area contributed by atoms with Crippen LogP contribution in [0.15, 0.2) is 0 Å². The number of carbonyl (C=O) groups excluding carboxylic acids is 1. The van der Waals surface area contributed by atoms with Gasteiger partial charge in [-0.15, -0.1) is 0 Å². The zero-order chi connectivity index (χ0) is 15.4. The molecule has 2 heterocycles. The Kier molecular flexibility index (Phi) is 5.36. The van der Waals surface area contributed by atoms with Crippen LogP contribution >= 0.6 is 0 Å². The predicted octanol–water partition coefficient (Wildman–Crippen LogP) is 0.722. The van der Waals surface area contributed by atoms with Gasteiger partial charge in [0.25, 0.3) is 0 Å². The van der Waals surface area contributed by atoms with Crippen LogP contribution in [0.5, 0.6) is 0 Å². The van der Waals surface area contributed by atoms with E-state index >= 15 is 0 Å². The number of hydrogen-bond acceptors (Lipinski definition) is 4. The lowest BCUT2D eigenvalue weighted by molar-refractivity contribution is -0.119. The molecule has 6 heteroatoms. The smallest absolute Gasteiger partial charge is 0.218 e. The molecule has 3 N–H and O–H groups in total. The molecule has 1 saturated heterocycles. The Labute approximate surface area is 125 Å². The molecule has 1 aliphatic heterocycles. The fourth-order valence-electron chi connectivity index (χ4n) is 3.21. The molecule has 0 saturated carbocycles. The Morgan fingerprint density at radius 3 is 2.86 bits per heavy atom. The lowest BCUT2D eigenvalue weighted by Gasteiger charge is -2.35. The molecule has 1 aromatic heterocycles. The number of piperidine rings is 1. The zero-order valence-corrected chi connectivity index (χ0v) is 13.0. The fraction of sp³-hybridized carbons (Fsp3) is 0.733. The van der Waals surface area contributed by atoms with Crippen molar-refractivity contribution >= 4 is 5.91 Å². The van der Waals surface area contributed by atoms with E-state index in [0.29, 0.717) is 13.0 Å². The van der Waals surface area contributed by atoms with Crippen molar-refractivity contribution in [1.82, 2.24) is 14.7 Å². The molecule has 1 aliphatic rings.